The average molecular weight is 329 g/mol. The van der Waals surface area contributed by atoms with E-state index in [1.807, 2.05) is 30.5 Å². The van der Waals surface area contributed by atoms with Gasteiger partial charge in [0.15, 0.2) is 0 Å². The van der Waals surface area contributed by atoms with Crippen molar-refractivity contribution < 1.29 is 9.90 Å². The van der Waals surface area contributed by atoms with Crippen LogP contribution in [0.2, 0.25) is 0 Å². The largest absolute Gasteiger partial charge is 0.545 e. The molecular weight excluding hydrogens is 316 g/mol. The normalized spacial score (nSPS) is 10.9. The van der Waals surface area contributed by atoms with Gasteiger partial charge < -0.3 is 20.2 Å². The first-order chi connectivity index (χ1) is 12.1. The number of nitrogens with one attached hydrogen (secondary N) is 2. The standard InChI is InChI=1S/C19H14N4O2/c1-11(19(24)25)12-2-4-15-17(9-12)21-10-22-18(15)23-14-3-5-16-13(8-14)6-7-20-16/h2-10,20H,1H2,(H,24,25)(H,21,22,23)/p-1. The van der Waals surface area contributed by atoms with E-state index in [0.29, 0.717) is 16.9 Å². The Hall–Kier alpha value is -3.67. The summed E-state index contributed by atoms with van der Waals surface area (Å²) >= 11 is 0. The van der Waals surface area contributed by atoms with Gasteiger partial charge in [-0.15, -0.1) is 0 Å². The van der Waals surface area contributed by atoms with Gasteiger partial charge >= 0.3 is 0 Å². The summed E-state index contributed by atoms with van der Waals surface area (Å²) in [5, 5.41) is 16.1. The summed E-state index contributed by atoms with van der Waals surface area (Å²) in [7, 11) is 0. The molecule has 0 aliphatic rings. The molecule has 0 spiro atoms. The zero-order chi connectivity index (χ0) is 17.4. The lowest BCUT2D eigenvalue weighted by atomic mass is 10.1. The van der Waals surface area contributed by atoms with Crippen molar-refractivity contribution in [2.75, 3.05) is 5.32 Å². The maximum Gasteiger partial charge on any atom is 0.141 e. The summed E-state index contributed by atoms with van der Waals surface area (Å²) in [5.74, 6) is -0.656. The topological polar surface area (TPSA) is 93.7 Å². The van der Waals surface area contributed by atoms with Crippen LogP contribution in [0.4, 0.5) is 11.5 Å². The quantitative estimate of drug-likeness (QED) is 0.561. The van der Waals surface area contributed by atoms with Crippen molar-refractivity contribution in [3.05, 3.63) is 67.1 Å². The van der Waals surface area contributed by atoms with E-state index in [-0.39, 0.29) is 5.57 Å². The van der Waals surface area contributed by atoms with Crippen LogP contribution < -0.4 is 10.4 Å². The Labute approximate surface area is 142 Å². The molecule has 2 heterocycles. The number of nitrogens with zero attached hydrogens (tertiary/aromatic N) is 2. The number of aliphatic carboxylic acids is 1. The molecule has 6 nitrogen and oxygen atoms in total. The van der Waals surface area contributed by atoms with E-state index in [9.17, 15) is 9.90 Å². The average Bonchev–Trinajstić information content (AvgIpc) is 3.08. The third kappa shape index (κ3) is 2.70. The Morgan fingerprint density at radius 1 is 1.12 bits per heavy atom. The summed E-state index contributed by atoms with van der Waals surface area (Å²) in [5.41, 5.74) is 2.97. The first-order valence-electron chi connectivity index (χ1n) is 7.61. The van der Waals surface area contributed by atoms with Crippen molar-refractivity contribution in [3.63, 3.8) is 0 Å². The van der Waals surface area contributed by atoms with Crippen LogP contribution in [0, 0.1) is 0 Å². The molecule has 6 heteroatoms. The fourth-order valence-electron chi connectivity index (χ4n) is 2.73. The highest BCUT2D eigenvalue weighted by Gasteiger charge is 2.08. The molecule has 2 aromatic heterocycles. The second-order valence-electron chi connectivity index (χ2n) is 5.62. The number of hydrogen-bond donors (Lipinski definition) is 2. The van der Waals surface area contributed by atoms with Gasteiger partial charge in [-0.3, -0.25) is 0 Å². The van der Waals surface area contributed by atoms with Crippen molar-refractivity contribution in [1.29, 1.82) is 0 Å². The van der Waals surface area contributed by atoms with Gasteiger partial charge in [-0.25, -0.2) is 9.97 Å². The summed E-state index contributed by atoms with van der Waals surface area (Å²) in [6, 6.07) is 13.1. The zero-order valence-corrected chi connectivity index (χ0v) is 13.1. The minimum absolute atomic E-state index is 0.0760. The molecule has 0 saturated heterocycles. The van der Waals surface area contributed by atoms with Gasteiger partial charge in [0.05, 0.1) is 11.5 Å². The number of carboxylic acids is 1. The highest BCUT2D eigenvalue weighted by molar-refractivity contribution is 6.14. The van der Waals surface area contributed by atoms with Gasteiger partial charge in [-0.2, -0.15) is 0 Å². The Morgan fingerprint density at radius 2 is 2.00 bits per heavy atom. The molecule has 0 unspecified atom stereocenters. The second-order valence-corrected chi connectivity index (χ2v) is 5.62. The summed E-state index contributed by atoms with van der Waals surface area (Å²) in [4.78, 5) is 22.6. The zero-order valence-electron chi connectivity index (χ0n) is 13.1. The van der Waals surface area contributed by atoms with Crippen LogP contribution in [0.25, 0.3) is 27.4 Å². The first kappa shape index (κ1) is 14.9. The number of benzene rings is 2. The molecule has 122 valence electrons. The molecule has 0 saturated carbocycles. The van der Waals surface area contributed by atoms with Crippen molar-refractivity contribution in [2.24, 2.45) is 0 Å². The van der Waals surface area contributed by atoms with Crippen LogP contribution in [0.15, 0.2) is 61.6 Å². The summed E-state index contributed by atoms with van der Waals surface area (Å²) in [6.45, 7) is 3.52. The van der Waals surface area contributed by atoms with Crippen LogP contribution in [-0.2, 0) is 4.79 Å². The van der Waals surface area contributed by atoms with Crippen LogP contribution in [0.3, 0.4) is 0 Å². The molecular formula is C19H13N4O2-. The molecule has 0 radical (unpaired) electrons. The van der Waals surface area contributed by atoms with E-state index in [2.05, 4.69) is 26.8 Å². The number of carbonyl (C=O) groups excluding carboxylic acids is 1. The predicted octanol–water partition coefficient (Wildman–Crippen LogP) is 2.62. The number of aromatic amines is 1. The van der Waals surface area contributed by atoms with Crippen LogP contribution >= 0.6 is 0 Å². The van der Waals surface area contributed by atoms with Crippen LogP contribution in [-0.4, -0.2) is 20.9 Å². The van der Waals surface area contributed by atoms with Crippen LogP contribution in [0.1, 0.15) is 5.56 Å². The third-order valence-corrected chi connectivity index (χ3v) is 4.05. The van der Waals surface area contributed by atoms with Crippen molar-refractivity contribution in [1.82, 2.24) is 15.0 Å². The molecule has 0 fully saturated rings. The molecule has 4 aromatic rings. The number of aromatic nitrogens is 3. The van der Waals surface area contributed by atoms with Crippen molar-refractivity contribution in [3.8, 4) is 0 Å². The Morgan fingerprint density at radius 3 is 2.84 bits per heavy atom. The van der Waals surface area contributed by atoms with Gasteiger partial charge in [-0.1, -0.05) is 12.6 Å². The number of carbonyl (C=O) groups is 1. The molecule has 0 amide bonds. The SMILES string of the molecule is C=C(C(=O)[O-])c1ccc2c(Nc3ccc4[nH]ccc4c3)ncnc2c1. The van der Waals surface area contributed by atoms with Gasteiger partial charge in [0.25, 0.3) is 0 Å². The molecule has 2 aromatic carbocycles. The van der Waals surface area contributed by atoms with Gasteiger partial charge in [0, 0.05) is 28.2 Å². The number of rotatable bonds is 4. The van der Waals surface area contributed by atoms with E-state index in [0.717, 1.165) is 22.0 Å². The number of hydrogen-bond acceptors (Lipinski definition) is 5. The Balaban J connectivity index is 1.74. The number of H-pyrrole nitrogens is 1. The van der Waals surface area contributed by atoms with E-state index < -0.39 is 5.97 Å². The molecule has 25 heavy (non-hydrogen) atoms. The van der Waals surface area contributed by atoms with E-state index >= 15 is 0 Å². The number of fused-ring (bicyclic) bond motifs is 2. The maximum absolute atomic E-state index is 11.0. The maximum atomic E-state index is 11.0. The molecule has 4 rings (SSSR count). The molecule has 2 N–H and O–H groups in total. The van der Waals surface area contributed by atoms with Gasteiger partial charge in [0.1, 0.15) is 12.1 Å². The molecule has 0 atom stereocenters. The highest BCUT2D eigenvalue weighted by Crippen LogP contribution is 2.27. The second kappa shape index (κ2) is 5.76. The molecule has 0 aliphatic heterocycles. The predicted molar refractivity (Wildman–Crippen MR) is 95.2 cm³/mol. The fraction of sp³-hybridized carbons (Fsp3) is 0. The highest BCUT2D eigenvalue weighted by atomic mass is 16.4. The molecule has 0 bridgehead atoms. The number of anilines is 2. The van der Waals surface area contributed by atoms with Crippen molar-refractivity contribution in [2.45, 2.75) is 0 Å². The lowest BCUT2D eigenvalue weighted by molar-refractivity contribution is -0.295. The minimum Gasteiger partial charge on any atom is -0.545 e. The lowest BCUT2D eigenvalue weighted by Crippen LogP contribution is -2.22. The Bertz CT molecular complexity index is 1130. The fourth-order valence-corrected chi connectivity index (χ4v) is 2.73. The third-order valence-electron chi connectivity index (χ3n) is 4.05. The number of carboxylic acid groups (broad SMARTS) is 1. The van der Waals surface area contributed by atoms with E-state index in [1.54, 1.807) is 18.2 Å². The molecule has 0 aliphatic carbocycles. The van der Waals surface area contributed by atoms with E-state index in [4.69, 9.17) is 0 Å². The minimum atomic E-state index is -1.30. The Kier molecular flexibility index (Phi) is 3.43. The van der Waals surface area contributed by atoms with Crippen molar-refractivity contribution >= 4 is 44.9 Å². The summed E-state index contributed by atoms with van der Waals surface area (Å²) < 4.78 is 0. The van der Waals surface area contributed by atoms with E-state index in [1.165, 1.54) is 6.33 Å². The summed E-state index contributed by atoms with van der Waals surface area (Å²) in [6.07, 6.45) is 3.32. The lowest BCUT2D eigenvalue weighted by Gasteiger charge is -2.11. The van der Waals surface area contributed by atoms with Gasteiger partial charge in [-0.05, 0) is 47.5 Å². The van der Waals surface area contributed by atoms with Gasteiger partial charge in [0.2, 0.25) is 0 Å². The van der Waals surface area contributed by atoms with Crippen LogP contribution in [0.5, 0.6) is 0 Å². The smallest absolute Gasteiger partial charge is 0.141 e. The monoisotopic (exact) mass is 329 g/mol. The first-order valence-corrected chi connectivity index (χ1v) is 7.61.